The van der Waals surface area contributed by atoms with Gasteiger partial charge in [-0.3, -0.25) is 0 Å². The van der Waals surface area contributed by atoms with E-state index in [0.717, 1.165) is 17.1 Å². The summed E-state index contributed by atoms with van der Waals surface area (Å²) >= 11 is 1.87. The standard InChI is InChI=1S/C54H41NS/c1-53(2)47-20-8-5-15-41(47)43-30-28-39(33-49(43)53)55(38-14-11-13-35(31-38)36-25-29-45-44-17-7-10-22-50(44)56-51(45)32-36)37-26-23-34(24-27-37)40-18-12-19-46-42-16-6-9-21-48(42)54(3,4)52(40)46/h5-33H,1-4H3. The summed E-state index contributed by atoms with van der Waals surface area (Å²) < 4.78 is 2.65. The molecule has 0 spiro atoms. The molecular formula is C54H41NS. The van der Waals surface area contributed by atoms with Gasteiger partial charge in [0.25, 0.3) is 0 Å². The molecule has 1 aromatic heterocycles. The summed E-state index contributed by atoms with van der Waals surface area (Å²) in [6, 6.07) is 65.7. The third-order valence-corrected chi connectivity index (χ3v) is 13.8. The lowest BCUT2D eigenvalue weighted by Crippen LogP contribution is -2.16. The molecule has 268 valence electrons. The van der Waals surface area contributed by atoms with Gasteiger partial charge in [-0.05, 0) is 115 Å². The summed E-state index contributed by atoms with van der Waals surface area (Å²) in [5.41, 5.74) is 19.2. The summed E-state index contributed by atoms with van der Waals surface area (Å²) in [5.74, 6) is 0. The Morgan fingerprint density at radius 1 is 0.357 bits per heavy atom. The fourth-order valence-electron chi connectivity index (χ4n) is 9.89. The highest BCUT2D eigenvalue weighted by atomic mass is 32.1. The van der Waals surface area contributed by atoms with Gasteiger partial charge >= 0.3 is 0 Å². The molecule has 11 rings (SSSR count). The third kappa shape index (κ3) is 4.85. The van der Waals surface area contributed by atoms with Crippen LogP contribution in [0.15, 0.2) is 176 Å². The van der Waals surface area contributed by atoms with Gasteiger partial charge < -0.3 is 4.90 Å². The summed E-state index contributed by atoms with van der Waals surface area (Å²) in [7, 11) is 0. The molecule has 2 aliphatic rings. The van der Waals surface area contributed by atoms with Crippen LogP contribution in [0.2, 0.25) is 0 Å². The van der Waals surface area contributed by atoms with Crippen LogP contribution in [-0.4, -0.2) is 0 Å². The molecule has 0 fully saturated rings. The minimum Gasteiger partial charge on any atom is -0.310 e. The molecule has 0 unspecified atom stereocenters. The lowest BCUT2D eigenvalue weighted by molar-refractivity contribution is 0.660. The molecular weight excluding hydrogens is 695 g/mol. The monoisotopic (exact) mass is 735 g/mol. The van der Waals surface area contributed by atoms with Gasteiger partial charge in [0.1, 0.15) is 0 Å². The van der Waals surface area contributed by atoms with Crippen LogP contribution in [0.3, 0.4) is 0 Å². The Balaban J connectivity index is 1.04. The number of nitrogens with zero attached hydrogens (tertiary/aromatic N) is 1. The third-order valence-electron chi connectivity index (χ3n) is 12.7. The minimum absolute atomic E-state index is 0.0820. The van der Waals surface area contributed by atoms with Crippen LogP contribution in [0.4, 0.5) is 17.1 Å². The van der Waals surface area contributed by atoms with Crippen molar-refractivity contribution in [3.63, 3.8) is 0 Å². The number of rotatable bonds is 5. The summed E-state index contributed by atoms with van der Waals surface area (Å²) in [5, 5.41) is 2.66. The van der Waals surface area contributed by atoms with Crippen LogP contribution in [0.5, 0.6) is 0 Å². The second-order valence-corrected chi connectivity index (χ2v) is 17.6. The molecule has 0 atom stereocenters. The zero-order chi connectivity index (χ0) is 37.8. The van der Waals surface area contributed by atoms with Gasteiger partial charge in [-0.15, -0.1) is 11.3 Å². The van der Waals surface area contributed by atoms with E-state index in [1.54, 1.807) is 0 Å². The molecule has 0 amide bonds. The Bertz CT molecular complexity index is 3030. The van der Waals surface area contributed by atoms with Crippen LogP contribution in [0.25, 0.3) is 64.7 Å². The molecule has 8 aromatic carbocycles. The zero-order valence-corrected chi connectivity index (χ0v) is 32.9. The minimum atomic E-state index is -0.100. The number of hydrogen-bond acceptors (Lipinski definition) is 2. The van der Waals surface area contributed by atoms with Crippen molar-refractivity contribution >= 4 is 48.6 Å². The molecule has 9 aromatic rings. The molecule has 0 radical (unpaired) electrons. The Kier molecular flexibility index (Phi) is 7.18. The fourth-order valence-corrected chi connectivity index (χ4v) is 11.0. The van der Waals surface area contributed by atoms with Crippen LogP contribution in [0, 0.1) is 0 Å². The van der Waals surface area contributed by atoms with Crippen LogP contribution < -0.4 is 4.90 Å². The van der Waals surface area contributed by atoms with E-state index in [4.69, 9.17) is 0 Å². The highest BCUT2D eigenvalue weighted by Gasteiger charge is 2.38. The smallest absolute Gasteiger partial charge is 0.0467 e. The van der Waals surface area contributed by atoms with Gasteiger partial charge in [0.15, 0.2) is 0 Å². The van der Waals surface area contributed by atoms with Gasteiger partial charge in [0, 0.05) is 48.1 Å². The largest absolute Gasteiger partial charge is 0.310 e. The number of thiophene rings is 1. The average molecular weight is 736 g/mol. The van der Waals surface area contributed by atoms with Gasteiger partial charge in [-0.1, -0.05) is 155 Å². The van der Waals surface area contributed by atoms with E-state index in [2.05, 4.69) is 209 Å². The van der Waals surface area contributed by atoms with Crippen molar-refractivity contribution in [3.05, 3.63) is 198 Å². The molecule has 1 nitrogen and oxygen atoms in total. The number of benzene rings is 8. The number of anilines is 3. The molecule has 0 saturated carbocycles. The van der Waals surface area contributed by atoms with E-state index >= 15 is 0 Å². The van der Waals surface area contributed by atoms with Gasteiger partial charge in [-0.2, -0.15) is 0 Å². The Morgan fingerprint density at radius 3 is 1.75 bits per heavy atom. The predicted octanol–water partition coefficient (Wildman–Crippen LogP) is 15.5. The Hall–Kier alpha value is -6.22. The maximum Gasteiger partial charge on any atom is 0.0467 e. The normalized spacial score (nSPS) is 14.4. The number of hydrogen-bond donors (Lipinski definition) is 0. The maximum absolute atomic E-state index is 2.44. The highest BCUT2D eigenvalue weighted by Crippen LogP contribution is 2.53. The molecule has 1 heterocycles. The van der Waals surface area contributed by atoms with Crippen molar-refractivity contribution < 1.29 is 0 Å². The van der Waals surface area contributed by atoms with E-state index in [-0.39, 0.29) is 10.8 Å². The first kappa shape index (κ1) is 33.1. The van der Waals surface area contributed by atoms with Crippen molar-refractivity contribution in [1.29, 1.82) is 0 Å². The van der Waals surface area contributed by atoms with Crippen molar-refractivity contribution in [3.8, 4) is 44.5 Å². The van der Waals surface area contributed by atoms with Gasteiger partial charge in [0.05, 0.1) is 0 Å². The van der Waals surface area contributed by atoms with E-state index < -0.39 is 0 Å². The average Bonchev–Trinajstić information content (AvgIpc) is 3.81. The summed E-state index contributed by atoms with van der Waals surface area (Å²) in [6.45, 7) is 9.47. The van der Waals surface area contributed by atoms with Gasteiger partial charge in [0.2, 0.25) is 0 Å². The first-order valence-corrected chi connectivity index (χ1v) is 20.5. The topological polar surface area (TPSA) is 3.24 Å². The molecule has 0 N–H and O–H groups in total. The second-order valence-electron chi connectivity index (χ2n) is 16.5. The molecule has 2 heteroatoms. The van der Waals surface area contributed by atoms with Crippen molar-refractivity contribution in [2.75, 3.05) is 4.90 Å². The quantitative estimate of drug-likeness (QED) is 0.170. The second kappa shape index (κ2) is 12.1. The highest BCUT2D eigenvalue weighted by molar-refractivity contribution is 7.25. The Labute approximate surface area is 333 Å². The lowest BCUT2D eigenvalue weighted by Gasteiger charge is -2.29. The first-order chi connectivity index (χ1) is 27.3. The van der Waals surface area contributed by atoms with Crippen LogP contribution in [-0.2, 0) is 10.8 Å². The van der Waals surface area contributed by atoms with E-state index in [1.165, 1.54) is 86.9 Å². The fraction of sp³-hybridized carbons (Fsp3) is 0.111. The van der Waals surface area contributed by atoms with Crippen LogP contribution >= 0.6 is 11.3 Å². The first-order valence-electron chi connectivity index (χ1n) is 19.7. The Morgan fingerprint density at radius 2 is 0.929 bits per heavy atom. The molecule has 0 bridgehead atoms. The van der Waals surface area contributed by atoms with E-state index in [0.29, 0.717) is 0 Å². The van der Waals surface area contributed by atoms with Crippen LogP contribution in [0.1, 0.15) is 49.9 Å². The molecule has 2 aliphatic carbocycles. The van der Waals surface area contributed by atoms with Crippen molar-refractivity contribution in [2.45, 2.75) is 38.5 Å². The zero-order valence-electron chi connectivity index (χ0n) is 32.1. The molecule has 56 heavy (non-hydrogen) atoms. The maximum atomic E-state index is 2.44. The number of fused-ring (bicyclic) bond motifs is 9. The van der Waals surface area contributed by atoms with Crippen molar-refractivity contribution in [2.24, 2.45) is 0 Å². The van der Waals surface area contributed by atoms with Gasteiger partial charge in [-0.25, -0.2) is 0 Å². The van der Waals surface area contributed by atoms with Crippen molar-refractivity contribution in [1.82, 2.24) is 0 Å². The lowest BCUT2D eigenvalue weighted by atomic mass is 9.79. The summed E-state index contributed by atoms with van der Waals surface area (Å²) in [4.78, 5) is 2.44. The molecule has 0 aliphatic heterocycles. The van der Waals surface area contributed by atoms with E-state index in [9.17, 15) is 0 Å². The molecule has 0 saturated heterocycles. The predicted molar refractivity (Wildman–Crippen MR) is 240 cm³/mol. The summed E-state index contributed by atoms with van der Waals surface area (Å²) in [6.07, 6.45) is 0. The SMILES string of the molecule is CC1(C)c2ccccc2-c2ccc(N(c3ccc(-c4cccc5c4C(C)(C)c4ccccc4-5)cc3)c3cccc(-c4ccc5c(c4)sc4ccccc45)c3)cc21. The van der Waals surface area contributed by atoms with E-state index in [1.807, 2.05) is 11.3 Å².